The molecule has 4 heterocycles. The number of imidazole rings is 1. The quantitative estimate of drug-likeness (QED) is 0.310. The maximum atomic E-state index is 14.3. The van der Waals surface area contributed by atoms with Gasteiger partial charge in [0.1, 0.15) is 11.3 Å². The van der Waals surface area contributed by atoms with Gasteiger partial charge in [0.15, 0.2) is 5.82 Å². The number of sulfonamides is 1. The zero-order valence-corrected chi connectivity index (χ0v) is 27.0. The Labute approximate surface area is 260 Å². The summed E-state index contributed by atoms with van der Waals surface area (Å²) in [6.45, 7) is 3.65. The average molecular weight is 678 g/mol. The molecule has 16 nitrogen and oxygen atoms in total. The fourth-order valence-corrected chi connectivity index (χ4v) is 6.27. The van der Waals surface area contributed by atoms with Gasteiger partial charge in [-0.3, -0.25) is 9.12 Å². The van der Waals surface area contributed by atoms with Gasteiger partial charge in [-0.15, -0.1) is 0 Å². The van der Waals surface area contributed by atoms with E-state index in [1.807, 2.05) is 28.8 Å². The highest BCUT2D eigenvalue weighted by atomic mass is 32.2. The lowest BCUT2D eigenvalue weighted by atomic mass is 10.3. The molecule has 2 aliphatic heterocycles. The van der Waals surface area contributed by atoms with E-state index in [2.05, 4.69) is 19.9 Å². The minimum absolute atomic E-state index is 0.00132. The second kappa shape index (κ2) is 14.4. The zero-order chi connectivity index (χ0) is 32.9. The number of piperazine rings is 1. The molecule has 45 heavy (non-hydrogen) atoms. The molecule has 5 rings (SSSR count). The minimum Gasteiger partial charge on any atom is -0.494 e. The second-order valence-electron chi connectivity index (χ2n) is 10.5. The van der Waals surface area contributed by atoms with E-state index in [1.54, 1.807) is 18.2 Å². The molecule has 1 aromatic carbocycles. The Morgan fingerprint density at radius 1 is 0.933 bits per heavy atom. The van der Waals surface area contributed by atoms with Gasteiger partial charge in [0.2, 0.25) is 27.9 Å². The van der Waals surface area contributed by atoms with Gasteiger partial charge >= 0.3 is 0 Å². The average Bonchev–Trinajstić information content (AvgIpc) is 3.40. The summed E-state index contributed by atoms with van der Waals surface area (Å²) in [7, 11) is -1.97. The number of hydrogen-bond donors (Lipinski definition) is 1. The van der Waals surface area contributed by atoms with Crippen molar-refractivity contribution < 1.29 is 39.6 Å². The molecule has 0 aliphatic carbocycles. The van der Waals surface area contributed by atoms with Gasteiger partial charge in [-0.2, -0.15) is 27.7 Å². The molecular weight excluding hydrogens is 640 g/mol. The lowest BCUT2D eigenvalue weighted by Gasteiger charge is -2.35. The predicted octanol–water partition coefficient (Wildman–Crippen LogP) is 0.511. The fourth-order valence-electron chi connectivity index (χ4n) is 4.70. The van der Waals surface area contributed by atoms with Crippen LogP contribution in [0.1, 0.15) is 12.2 Å². The number of benzene rings is 1. The third kappa shape index (κ3) is 8.91. The van der Waals surface area contributed by atoms with Crippen LogP contribution in [0.25, 0.3) is 17.0 Å². The molecule has 0 saturated carbocycles. The van der Waals surface area contributed by atoms with Crippen LogP contribution in [0.4, 0.5) is 20.7 Å². The van der Waals surface area contributed by atoms with E-state index in [0.717, 1.165) is 0 Å². The van der Waals surface area contributed by atoms with E-state index in [4.69, 9.17) is 14.0 Å². The van der Waals surface area contributed by atoms with Crippen molar-refractivity contribution >= 4 is 43.1 Å². The fraction of sp³-hybridized carbons (Fsp3) is 0.600. The third-order valence-corrected chi connectivity index (χ3v) is 8.74. The maximum absolute atomic E-state index is 14.3. The summed E-state index contributed by atoms with van der Waals surface area (Å²) >= 11 is 0. The normalized spacial score (nSPS) is 16.7. The summed E-state index contributed by atoms with van der Waals surface area (Å²) in [5.74, 6) is 0.480. The summed E-state index contributed by atoms with van der Waals surface area (Å²) in [6.07, 6.45) is -2.19. The number of para-hydroxylation sites is 1. The number of fused-ring (bicyclic) bond motifs is 1. The molecule has 2 fully saturated rings. The molecule has 1 N–H and O–H groups in total. The number of nitrogens with zero attached hydrogens (tertiary/aromatic N) is 9. The summed E-state index contributed by atoms with van der Waals surface area (Å²) < 4.78 is 93.6. The Kier molecular flexibility index (Phi) is 11.1. The highest BCUT2D eigenvalue weighted by Crippen LogP contribution is 2.32. The highest BCUT2D eigenvalue weighted by molar-refractivity contribution is 7.89. The van der Waals surface area contributed by atoms with Crippen molar-refractivity contribution in [3.05, 3.63) is 24.0 Å². The van der Waals surface area contributed by atoms with E-state index < -0.39 is 32.4 Å². The van der Waals surface area contributed by atoms with Crippen LogP contribution in [0.5, 0.6) is 5.75 Å². The number of methoxy groups -OCH3 is 1. The Bertz CT molecular complexity index is 1670. The van der Waals surface area contributed by atoms with E-state index in [-0.39, 0.29) is 36.3 Å². The Morgan fingerprint density at radius 3 is 2.02 bits per heavy atom. The molecule has 0 radical (unpaired) electrons. The predicted molar refractivity (Wildman–Crippen MR) is 163 cm³/mol. The maximum Gasteiger partial charge on any atom is 0.296 e. The van der Waals surface area contributed by atoms with Crippen LogP contribution in [0.15, 0.2) is 18.2 Å². The van der Waals surface area contributed by atoms with Gasteiger partial charge in [-0.1, -0.05) is 6.07 Å². The molecule has 3 aromatic rings. The molecule has 250 valence electrons. The van der Waals surface area contributed by atoms with Crippen molar-refractivity contribution in [3.63, 3.8) is 0 Å². The van der Waals surface area contributed by atoms with E-state index in [1.165, 1.54) is 16.0 Å². The van der Waals surface area contributed by atoms with E-state index in [0.29, 0.717) is 69.4 Å². The smallest absolute Gasteiger partial charge is 0.296 e. The molecule has 2 aliphatic rings. The van der Waals surface area contributed by atoms with Crippen molar-refractivity contribution in [1.29, 1.82) is 0 Å². The van der Waals surface area contributed by atoms with Crippen LogP contribution in [0.3, 0.4) is 0 Å². The molecule has 0 bridgehead atoms. The number of hydrogen-bond acceptors (Lipinski definition) is 13. The first kappa shape index (κ1) is 34.6. The molecule has 2 aromatic heterocycles. The monoisotopic (exact) mass is 677 g/mol. The summed E-state index contributed by atoms with van der Waals surface area (Å²) in [4.78, 5) is 23.7. The first-order valence-corrected chi connectivity index (χ1v) is 17.4. The molecule has 0 amide bonds. The second-order valence-corrected chi connectivity index (χ2v) is 14.1. The number of halogens is 2. The van der Waals surface area contributed by atoms with Gasteiger partial charge in [0, 0.05) is 45.8 Å². The number of morpholine rings is 1. The van der Waals surface area contributed by atoms with Crippen LogP contribution >= 0.6 is 0 Å². The summed E-state index contributed by atoms with van der Waals surface area (Å²) in [6, 6.07) is 5.00. The largest absolute Gasteiger partial charge is 0.494 e. The molecule has 2 saturated heterocycles. The van der Waals surface area contributed by atoms with Crippen molar-refractivity contribution in [3.8, 4) is 11.7 Å². The number of alkyl halides is 2. The third-order valence-electron chi connectivity index (χ3n) is 6.89. The van der Waals surface area contributed by atoms with Crippen molar-refractivity contribution in [2.24, 2.45) is 0 Å². The van der Waals surface area contributed by atoms with Gasteiger partial charge in [0.05, 0.1) is 37.8 Å². The first-order chi connectivity index (χ1) is 21.2. The van der Waals surface area contributed by atoms with E-state index >= 15 is 0 Å². The topological polar surface area (TPSA) is 176 Å². The number of aromatic nitrogens is 5. The molecule has 0 atom stereocenters. The Balaban J connectivity index is 0.000000854. The molecule has 0 unspecified atom stereocenters. The lowest BCUT2D eigenvalue weighted by Crippen LogP contribution is -2.50. The molecular formula is C25H37F2N9O7S2. The van der Waals surface area contributed by atoms with Gasteiger partial charge < -0.3 is 24.2 Å². The van der Waals surface area contributed by atoms with Crippen molar-refractivity contribution in [2.75, 3.05) is 102 Å². The van der Waals surface area contributed by atoms with Gasteiger partial charge in [-0.25, -0.2) is 22.2 Å². The first-order valence-electron chi connectivity index (χ1n) is 13.9. The minimum atomic E-state index is -3.67. The van der Waals surface area contributed by atoms with Crippen LogP contribution in [-0.2, 0) is 24.9 Å². The summed E-state index contributed by atoms with van der Waals surface area (Å²) in [5, 5.41) is 0. The lowest BCUT2D eigenvalue weighted by molar-refractivity contribution is 0.122. The van der Waals surface area contributed by atoms with Gasteiger partial charge in [0.25, 0.3) is 16.5 Å². The number of anilines is 2. The molecule has 20 heteroatoms. The highest BCUT2D eigenvalue weighted by Gasteiger charge is 2.30. The van der Waals surface area contributed by atoms with Crippen LogP contribution in [0, 0.1) is 0 Å². The standard InChI is InChI=1S/C24H33F2N9O4S.CH4O3S/c1-31(2)13-16-40(36,37)34-9-7-32(8-10-34)22-28-23(33-11-14-39-15-12-33)30-24(29-22)35-17-5-4-6-18(38-3)19(17)27-21(35)20(25)26;1-5(2,3)4/h4-6,20H,7-16H2,1-3H3;1H3,(H,2,3,4). The summed E-state index contributed by atoms with van der Waals surface area (Å²) in [5.41, 5.74) is 0.642. The van der Waals surface area contributed by atoms with Crippen LogP contribution in [-0.4, -0.2) is 147 Å². The zero-order valence-electron chi connectivity index (χ0n) is 25.4. The molecule has 0 spiro atoms. The number of rotatable bonds is 9. The van der Waals surface area contributed by atoms with Crippen molar-refractivity contribution in [1.82, 2.24) is 33.7 Å². The number of ether oxygens (including phenoxy) is 2. The van der Waals surface area contributed by atoms with Gasteiger partial charge in [-0.05, 0) is 26.2 Å². The van der Waals surface area contributed by atoms with E-state index in [9.17, 15) is 25.6 Å². The van der Waals surface area contributed by atoms with Crippen LogP contribution in [0.2, 0.25) is 0 Å². The SMILES string of the molecule is COc1cccc2c1nc(C(F)F)n2-c1nc(N2CCOCC2)nc(N2CCN(S(=O)(=O)CCN(C)C)CC2)n1.CS(=O)(=O)O. The van der Waals surface area contributed by atoms with Crippen molar-refractivity contribution in [2.45, 2.75) is 6.43 Å². The van der Waals surface area contributed by atoms with Crippen LogP contribution < -0.4 is 14.5 Å². The Morgan fingerprint density at radius 2 is 1.49 bits per heavy atom. The Hall–Kier alpha value is -3.30.